The first-order chi connectivity index (χ1) is 21.4. The van der Waals surface area contributed by atoms with E-state index in [0.717, 1.165) is 23.5 Å². The van der Waals surface area contributed by atoms with Crippen LogP contribution in [0.15, 0.2) is 114 Å². The minimum absolute atomic E-state index is 0.0547. The second-order valence-electron chi connectivity index (χ2n) is 9.66. The molecule has 0 saturated heterocycles. The van der Waals surface area contributed by atoms with Gasteiger partial charge < -0.3 is 25.4 Å². The summed E-state index contributed by atoms with van der Waals surface area (Å²) in [4.78, 5) is 39.6. The third-order valence-electron chi connectivity index (χ3n) is 6.35. The van der Waals surface area contributed by atoms with Gasteiger partial charge in [0, 0.05) is 27.4 Å². The van der Waals surface area contributed by atoms with Gasteiger partial charge in [-0.25, -0.2) is 0 Å². The van der Waals surface area contributed by atoms with Gasteiger partial charge in [0.2, 0.25) is 5.91 Å². The maximum absolute atomic E-state index is 13.3. The van der Waals surface area contributed by atoms with Crippen LogP contribution in [0.2, 0.25) is 0 Å². The molecule has 0 saturated carbocycles. The number of carbonyl (C=O) groups excluding carboxylic acids is 3. The SMILES string of the molecule is CCCCOc1ccc(NC(=O)CSc2ccc(NC(=O)/C(=C/c3ccccc3OC)NC(=O)c3ccccc3)cc2)cc1. The molecule has 0 atom stereocenters. The number of amides is 3. The molecule has 44 heavy (non-hydrogen) atoms. The van der Waals surface area contributed by atoms with Gasteiger partial charge in [-0.3, -0.25) is 14.4 Å². The van der Waals surface area contributed by atoms with Gasteiger partial charge in [0.15, 0.2) is 0 Å². The van der Waals surface area contributed by atoms with Gasteiger partial charge in [0.1, 0.15) is 17.2 Å². The summed E-state index contributed by atoms with van der Waals surface area (Å²) < 4.78 is 11.1. The number of hydrogen-bond donors (Lipinski definition) is 3. The Labute approximate surface area is 261 Å². The van der Waals surface area contributed by atoms with E-state index in [9.17, 15) is 14.4 Å². The minimum Gasteiger partial charge on any atom is -0.496 e. The van der Waals surface area contributed by atoms with Crippen molar-refractivity contribution >= 4 is 46.9 Å². The van der Waals surface area contributed by atoms with Gasteiger partial charge >= 0.3 is 0 Å². The molecule has 3 amide bonds. The number of benzene rings is 4. The molecule has 4 rings (SSSR count). The van der Waals surface area contributed by atoms with Gasteiger partial charge in [-0.05, 0) is 79.2 Å². The monoisotopic (exact) mass is 609 g/mol. The Morgan fingerprint density at radius 3 is 2.16 bits per heavy atom. The first-order valence-electron chi connectivity index (χ1n) is 14.2. The number of hydrogen-bond acceptors (Lipinski definition) is 6. The van der Waals surface area contributed by atoms with Crippen LogP contribution in [0, 0.1) is 0 Å². The number of rotatable bonds is 14. The van der Waals surface area contributed by atoms with Crippen LogP contribution in [0.25, 0.3) is 6.08 Å². The van der Waals surface area contributed by atoms with Crippen LogP contribution in [-0.4, -0.2) is 37.2 Å². The molecule has 0 aliphatic carbocycles. The van der Waals surface area contributed by atoms with Crippen LogP contribution < -0.4 is 25.4 Å². The molecule has 0 fully saturated rings. The van der Waals surface area contributed by atoms with E-state index >= 15 is 0 Å². The summed E-state index contributed by atoms with van der Waals surface area (Å²) in [5.41, 5.74) is 2.34. The highest BCUT2D eigenvalue weighted by molar-refractivity contribution is 8.00. The second-order valence-corrected chi connectivity index (χ2v) is 10.7. The number of anilines is 2. The Bertz CT molecular complexity index is 1570. The largest absolute Gasteiger partial charge is 0.496 e. The molecule has 0 bridgehead atoms. The number of ether oxygens (including phenoxy) is 2. The highest BCUT2D eigenvalue weighted by Gasteiger charge is 2.16. The maximum atomic E-state index is 13.3. The summed E-state index contributed by atoms with van der Waals surface area (Å²) in [6, 6.07) is 30.3. The smallest absolute Gasteiger partial charge is 0.272 e. The van der Waals surface area contributed by atoms with Crippen LogP contribution in [0.5, 0.6) is 11.5 Å². The van der Waals surface area contributed by atoms with Crippen molar-refractivity contribution in [3.05, 3.63) is 120 Å². The Hall–Kier alpha value is -5.02. The van der Waals surface area contributed by atoms with Gasteiger partial charge in [-0.1, -0.05) is 49.7 Å². The lowest BCUT2D eigenvalue weighted by Gasteiger charge is -2.13. The quantitative estimate of drug-likeness (QED) is 0.0807. The summed E-state index contributed by atoms with van der Waals surface area (Å²) in [7, 11) is 1.54. The van der Waals surface area contributed by atoms with Crippen molar-refractivity contribution < 1.29 is 23.9 Å². The molecule has 9 heteroatoms. The van der Waals surface area contributed by atoms with Crippen molar-refractivity contribution in [1.29, 1.82) is 0 Å². The lowest BCUT2D eigenvalue weighted by atomic mass is 10.1. The maximum Gasteiger partial charge on any atom is 0.272 e. The molecule has 0 heterocycles. The molecular weight excluding hydrogens is 574 g/mol. The van der Waals surface area contributed by atoms with Crippen LogP contribution in [-0.2, 0) is 9.59 Å². The van der Waals surface area contributed by atoms with E-state index < -0.39 is 11.8 Å². The molecular formula is C35H35N3O5S. The minimum atomic E-state index is -0.498. The molecule has 0 aliphatic rings. The number of carbonyl (C=O) groups is 3. The van der Waals surface area contributed by atoms with Gasteiger partial charge in [0.25, 0.3) is 11.8 Å². The number of unbranched alkanes of at least 4 members (excludes halogenated alkanes) is 1. The van der Waals surface area contributed by atoms with Crippen molar-refractivity contribution in [3.8, 4) is 11.5 Å². The number of thioether (sulfide) groups is 1. The van der Waals surface area contributed by atoms with Crippen molar-refractivity contribution in [3.63, 3.8) is 0 Å². The Morgan fingerprint density at radius 1 is 0.795 bits per heavy atom. The third-order valence-corrected chi connectivity index (χ3v) is 7.37. The highest BCUT2D eigenvalue weighted by Crippen LogP contribution is 2.23. The Balaban J connectivity index is 1.36. The summed E-state index contributed by atoms with van der Waals surface area (Å²) in [6.07, 6.45) is 3.64. The van der Waals surface area contributed by atoms with Gasteiger partial charge in [-0.2, -0.15) is 0 Å². The normalized spacial score (nSPS) is 10.9. The van der Waals surface area contributed by atoms with E-state index in [1.165, 1.54) is 11.8 Å². The second kappa shape index (κ2) is 16.6. The number of methoxy groups -OCH3 is 1. The van der Waals surface area contributed by atoms with E-state index in [2.05, 4.69) is 22.9 Å². The fourth-order valence-electron chi connectivity index (χ4n) is 4.03. The average molecular weight is 610 g/mol. The lowest BCUT2D eigenvalue weighted by Crippen LogP contribution is -2.30. The number of para-hydroxylation sites is 1. The van der Waals surface area contributed by atoms with E-state index in [4.69, 9.17) is 9.47 Å². The molecule has 4 aromatic rings. The fourth-order valence-corrected chi connectivity index (χ4v) is 4.73. The van der Waals surface area contributed by atoms with E-state index in [1.807, 2.05) is 54.6 Å². The van der Waals surface area contributed by atoms with Crippen molar-refractivity contribution in [2.45, 2.75) is 24.7 Å². The Morgan fingerprint density at radius 2 is 1.45 bits per heavy atom. The molecule has 0 radical (unpaired) electrons. The van der Waals surface area contributed by atoms with E-state index in [1.54, 1.807) is 61.7 Å². The average Bonchev–Trinajstić information content (AvgIpc) is 3.05. The molecule has 0 aliphatic heterocycles. The van der Waals surface area contributed by atoms with Gasteiger partial charge in [-0.15, -0.1) is 11.8 Å². The highest BCUT2D eigenvalue weighted by atomic mass is 32.2. The molecule has 0 aromatic heterocycles. The van der Waals surface area contributed by atoms with Crippen molar-refractivity contribution in [1.82, 2.24) is 5.32 Å². The standard InChI is InChI=1S/C35H35N3O5S/c1-3-4-22-43-29-18-14-27(15-19-29)36-33(39)24-44-30-20-16-28(17-21-30)37-35(41)31(23-26-12-8-9-13-32(26)42-2)38-34(40)25-10-6-5-7-11-25/h5-21,23H,3-4,22,24H2,1-2H3,(H,36,39)(H,37,41)(H,38,40)/b31-23-. The van der Waals surface area contributed by atoms with E-state index in [-0.39, 0.29) is 17.4 Å². The summed E-state index contributed by atoms with van der Waals surface area (Å²) in [6.45, 7) is 2.79. The first kappa shape index (κ1) is 31.9. The van der Waals surface area contributed by atoms with Crippen LogP contribution in [0.3, 0.4) is 0 Å². The van der Waals surface area contributed by atoms with Crippen molar-refractivity contribution in [2.24, 2.45) is 0 Å². The summed E-state index contributed by atoms with van der Waals surface area (Å²) >= 11 is 1.38. The van der Waals surface area contributed by atoms with Gasteiger partial charge in [0.05, 0.1) is 19.5 Å². The predicted molar refractivity (Wildman–Crippen MR) is 176 cm³/mol. The van der Waals surface area contributed by atoms with Crippen LogP contribution in [0.4, 0.5) is 11.4 Å². The van der Waals surface area contributed by atoms with E-state index in [0.29, 0.717) is 34.9 Å². The molecule has 0 spiro atoms. The van der Waals surface area contributed by atoms with Crippen LogP contribution in [0.1, 0.15) is 35.7 Å². The van der Waals surface area contributed by atoms with Crippen molar-refractivity contribution in [2.75, 3.05) is 30.1 Å². The zero-order valence-corrected chi connectivity index (χ0v) is 25.5. The third kappa shape index (κ3) is 9.78. The lowest BCUT2D eigenvalue weighted by molar-refractivity contribution is -0.114. The molecule has 8 nitrogen and oxygen atoms in total. The topological polar surface area (TPSA) is 106 Å². The summed E-state index contributed by atoms with van der Waals surface area (Å²) in [5.74, 6) is 0.513. The molecule has 4 aromatic carbocycles. The summed E-state index contributed by atoms with van der Waals surface area (Å²) in [5, 5.41) is 8.46. The van der Waals surface area contributed by atoms with Crippen LogP contribution >= 0.6 is 11.8 Å². The fraction of sp³-hybridized carbons (Fsp3) is 0.171. The molecule has 226 valence electrons. The Kier molecular flexibility index (Phi) is 12.0. The first-order valence-corrected chi connectivity index (χ1v) is 15.2. The predicted octanol–water partition coefficient (Wildman–Crippen LogP) is 7.01. The molecule has 3 N–H and O–H groups in total. The number of nitrogens with one attached hydrogen (secondary N) is 3. The zero-order chi connectivity index (χ0) is 31.1. The zero-order valence-electron chi connectivity index (χ0n) is 24.7. The molecule has 0 unspecified atom stereocenters.